The van der Waals surface area contributed by atoms with Crippen molar-refractivity contribution in [3.05, 3.63) is 0 Å². The Bertz CT molecular complexity index is 1680. The van der Waals surface area contributed by atoms with E-state index in [1.807, 2.05) is 0 Å². The van der Waals surface area contributed by atoms with Gasteiger partial charge >= 0.3 is 39.5 Å². The molecular formula is C67H130O17P2. The van der Waals surface area contributed by atoms with Gasteiger partial charge in [0.25, 0.3) is 0 Å². The Kier molecular flexibility index (Phi) is 58.0. The molecule has 0 spiro atoms. The van der Waals surface area contributed by atoms with E-state index in [1.165, 1.54) is 154 Å². The molecule has 3 N–H and O–H groups in total. The summed E-state index contributed by atoms with van der Waals surface area (Å²) < 4.78 is 68.1. The number of aliphatic hydroxyl groups excluding tert-OH is 1. The molecule has 0 rings (SSSR count). The zero-order valence-electron chi connectivity index (χ0n) is 55.6. The van der Waals surface area contributed by atoms with Crippen LogP contribution in [-0.2, 0) is 65.4 Å². The Morgan fingerprint density at radius 1 is 0.314 bits per heavy atom. The number of carbonyl (C=O) groups is 4. The van der Waals surface area contributed by atoms with Crippen molar-refractivity contribution in [2.75, 3.05) is 39.6 Å². The minimum atomic E-state index is -4.95. The summed E-state index contributed by atoms with van der Waals surface area (Å²) >= 11 is 0. The first-order valence-corrected chi connectivity index (χ1v) is 38.0. The Morgan fingerprint density at radius 3 is 0.791 bits per heavy atom. The zero-order valence-corrected chi connectivity index (χ0v) is 57.4. The van der Waals surface area contributed by atoms with Gasteiger partial charge in [0.2, 0.25) is 0 Å². The van der Waals surface area contributed by atoms with E-state index >= 15 is 0 Å². The number of hydrogen-bond donors (Lipinski definition) is 3. The summed E-state index contributed by atoms with van der Waals surface area (Å²) in [7, 11) is -9.89. The van der Waals surface area contributed by atoms with Gasteiger partial charge in [-0.05, 0) is 37.5 Å². The summed E-state index contributed by atoms with van der Waals surface area (Å²) in [6.07, 6.45) is 43.0. The molecule has 0 amide bonds. The SMILES string of the molecule is CCCCCCCCCCCCCCCC(=O)O[C@H](COC(=O)CCCCCCCCCCC(C)C)COP(=O)(O)OC[C@@H](O)COP(=O)(O)OC[C@@H](COC(=O)CCCCCCCCCCCCC)OC(=O)CCCCCCCCCCC(C)C. The molecule has 0 aromatic rings. The van der Waals surface area contributed by atoms with Crippen LogP contribution in [0.4, 0.5) is 0 Å². The summed E-state index contributed by atoms with van der Waals surface area (Å²) in [5.74, 6) is -0.684. The van der Waals surface area contributed by atoms with Crippen LogP contribution in [0.25, 0.3) is 0 Å². The molecule has 0 heterocycles. The number of rotatable bonds is 66. The molecule has 17 nitrogen and oxygen atoms in total. The largest absolute Gasteiger partial charge is 0.472 e. The van der Waals surface area contributed by atoms with Crippen molar-refractivity contribution in [2.45, 2.75) is 355 Å². The first-order chi connectivity index (χ1) is 41.4. The third-order valence-electron chi connectivity index (χ3n) is 15.5. The quantitative estimate of drug-likeness (QED) is 0.0222. The fraction of sp³-hybridized carbons (Fsp3) is 0.940. The van der Waals surface area contributed by atoms with Gasteiger partial charge in [0.05, 0.1) is 26.4 Å². The highest BCUT2D eigenvalue weighted by molar-refractivity contribution is 7.47. The number of carbonyl (C=O) groups excluding carboxylic acids is 4. The van der Waals surface area contributed by atoms with E-state index in [0.717, 1.165) is 102 Å². The lowest BCUT2D eigenvalue weighted by Crippen LogP contribution is -2.30. The standard InChI is InChI=1S/C67H130O17P2/c1-7-9-11-13-15-17-19-20-22-24-33-39-45-51-66(71)83-62(56-78-65(70)50-44-38-32-27-25-29-35-41-47-59(3)4)57-81-85(73,74)79-53-61(68)54-80-86(75,76)82-58-63(84-67(72)52-46-40-34-28-26-30-36-42-48-60(5)6)55-77-64(69)49-43-37-31-23-21-18-16-14-12-10-8-2/h59-63,68H,7-58H2,1-6H3,(H,73,74)(H,75,76)/t61-,62-,63-/m1/s1. The van der Waals surface area contributed by atoms with Crippen molar-refractivity contribution in [1.29, 1.82) is 0 Å². The molecule has 0 bridgehead atoms. The Labute approximate surface area is 524 Å². The Balaban J connectivity index is 5.25. The maximum absolute atomic E-state index is 13.0. The molecule has 0 fully saturated rings. The molecular weight excluding hydrogens is 1140 g/mol. The van der Waals surface area contributed by atoms with Gasteiger partial charge in [0.1, 0.15) is 19.3 Å². The second-order valence-corrected chi connectivity index (χ2v) is 28.1. The number of phosphoric ester groups is 2. The number of phosphoric acid groups is 2. The van der Waals surface area contributed by atoms with Crippen LogP contribution in [0.3, 0.4) is 0 Å². The average molecular weight is 1270 g/mol. The van der Waals surface area contributed by atoms with Crippen LogP contribution >= 0.6 is 15.6 Å². The van der Waals surface area contributed by atoms with Crippen molar-refractivity contribution >= 4 is 39.5 Å². The summed E-state index contributed by atoms with van der Waals surface area (Å²) in [6.45, 7) is 9.45. The zero-order chi connectivity index (χ0) is 63.6. The van der Waals surface area contributed by atoms with Gasteiger partial charge in [-0.15, -0.1) is 0 Å². The van der Waals surface area contributed by atoms with E-state index in [0.29, 0.717) is 25.7 Å². The molecule has 510 valence electrons. The molecule has 86 heavy (non-hydrogen) atoms. The maximum Gasteiger partial charge on any atom is 0.472 e. The van der Waals surface area contributed by atoms with Crippen LogP contribution in [-0.4, -0.2) is 96.7 Å². The Hall–Kier alpha value is -1.94. The van der Waals surface area contributed by atoms with Crippen LogP contribution in [0.1, 0.15) is 337 Å². The average Bonchev–Trinajstić information content (AvgIpc) is 3.65. The van der Waals surface area contributed by atoms with E-state index in [4.69, 9.17) is 37.0 Å². The molecule has 0 aliphatic rings. The second-order valence-electron chi connectivity index (χ2n) is 25.2. The predicted octanol–water partition coefficient (Wildman–Crippen LogP) is 18.8. The number of esters is 4. The van der Waals surface area contributed by atoms with Crippen molar-refractivity contribution in [3.8, 4) is 0 Å². The highest BCUT2D eigenvalue weighted by Crippen LogP contribution is 2.45. The number of unbranched alkanes of at least 4 members (excludes halogenated alkanes) is 36. The summed E-state index contributed by atoms with van der Waals surface area (Å²) in [6, 6.07) is 0. The van der Waals surface area contributed by atoms with Gasteiger partial charge in [0, 0.05) is 25.7 Å². The van der Waals surface area contributed by atoms with Crippen LogP contribution in [0, 0.1) is 11.8 Å². The number of hydrogen-bond acceptors (Lipinski definition) is 15. The fourth-order valence-electron chi connectivity index (χ4n) is 10.1. The van der Waals surface area contributed by atoms with Crippen molar-refractivity contribution in [2.24, 2.45) is 11.8 Å². The number of ether oxygens (including phenoxy) is 4. The normalized spacial score (nSPS) is 14.2. The van der Waals surface area contributed by atoms with Gasteiger partial charge in [0.15, 0.2) is 12.2 Å². The van der Waals surface area contributed by atoms with E-state index < -0.39 is 97.5 Å². The lowest BCUT2D eigenvalue weighted by molar-refractivity contribution is -0.161. The van der Waals surface area contributed by atoms with Gasteiger partial charge in [-0.2, -0.15) is 0 Å². The highest BCUT2D eigenvalue weighted by atomic mass is 31.2. The maximum atomic E-state index is 13.0. The van der Waals surface area contributed by atoms with Gasteiger partial charge in [-0.1, -0.05) is 286 Å². The van der Waals surface area contributed by atoms with E-state index in [2.05, 4.69) is 41.5 Å². The fourth-order valence-corrected chi connectivity index (χ4v) is 11.6. The third-order valence-corrected chi connectivity index (χ3v) is 17.4. The van der Waals surface area contributed by atoms with Crippen LogP contribution < -0.4 is 0 Å². The van der Waals surface area contributed by atoms with Crippen LogP contribution in [0.15, 0.2) is 0 Å². The van der Waals surface area contributed by atoms with E-state index in [9.17, 15) is 43.2 Å². The minimum absolute atomic E-state index is 0.105. The minimum Gasteiger partial charge on any atom is -0.462 e. The summed E-state index contributed by atoms with van der Waals surface area (Å²) in [5.41, 5.74) is 0. The molecule has 0 aliphatic heterocycles. The first-order valence-electron chi connectivity index (χ1n) is 35.0. The Morgan fingerprint density at radius 2 is 0.535 bits per heavy atom. The van der Waals surface area contributed by atoms with E-state index in [1.54, 1.807) is 0 Å². The molecule has 0 aromatic carbocycles. The van der Waals surface area contributed by atoms with Gasteiger partial charge in [-0.3, -0.25) is 37.3 Å². The molecule has 2 unspecified atom stereocenters. The number of aliphatic hydroxyl groups is 1. The molecule has 0 radical (unpaired) electrons. The lowest BCUT2D eigenvalue weighted by Gasteiger charge is -2.21. The molecule has 0 aromatic heterocycles. The molecule has 0 saturated heterocycles. The third kappa shape index (κ3) is 60.9. The first kappa shape index (κ1) is 84.1. The monoisotopic (exact) mass is 1270 g/mol. The predicted molar refractivity (Wildman–Crippen MR) is 345 cm³/mol. The van der Waals surface area contributed by atoms with Crippen molar-refractivity contribution < 1.29 is 80.2 Å². The van der Waals surface area contributed by atoms with Crippen LogP contribution in [0.2, 0.25) is 0 Å². The second kappa shape index (κ2) is 59.4. The highest BCUT2D eigenvalue weighted by Gasteiger charge is 2.30. The smallest absolute Gasteiger partial charge is 0.462 e. The molecule has 19 heteroatoms. The van der Waals surface area contributed by atoms with Crippen molar-refractivity contribution in [1.82, 2.24) is 0 Å². The van der Waals surface area contributed by atoms with Crippen molar-refractivity contribution in [3.63, 3.8) is 0 Å². The molecule has 0 aliphatic carbocycles. The summed E-state index contributed by atoms with van der Waals surface area (Å²) in [4.78, 5) is 72.4. The van der Waals surface area contributed by atoms with Crippen LogP contribution in [0.5, 0.6) is 0 Å². The topological polar surface area (TPSA) is 237 Å². The van der Waals surface area contributed by atoms with E-state index in [-0.39, 0.29) is 25.7 Å². The summed E-state index contributed by atoms with van der Waals surface area (Å²) in [5, 5.41) is 10.6. The molecule has 5 atom stereocenters. The molecule has 0 saturated carbocycles. The van der Waals surface area contributed by atoms with Gasteiger partial charge < -0.3 is 33.8 Å². The van der Waals surface area contributed by atoms with Gasteiger partial charge in [-0.25, -0.2) is 9.13 Å². The lowest BCUT2D eigenvalue weighted by atomic mass is 10.0.